The summed E-state index contributed by atoms with van der Waals surface area (Å²) in [6, 6.07) is 4.57. The molecule has 0 amide bonds. The zero-order chi connectivity index (χ0) is 16.5. The summed E-state index contributed by atoms with van der Waals surface area (Å²) in [5.41, 5.74) is 7.17. The van der Waals surface area contributed by atoms with Gasteiger partial charge in [0.15, 0.2) is 9.84 Å². The predicted molar refractivity (Wildman–Crippen MR) is 84.4 cm³/mol. The molecule has 0 saturated carbocycles. The quantitative estimate of drug-likeness (QED) is 0.767. The van der Waals surface area contributed by atoms with E-state index in [1.807, 2.05) is 6.92 Å². The van der Waals surface area contributed by atoms with Gasteiger partial charge in [0, 0.05) is 24.3 Å². The molecule has 0 spiro atoms. The maximum absolute atomic E-state index is 14.0. The monoisotopic (exact) mass is 329 g/mol. The van der Waals surface area contributed by atoms with Crippen LogP contribution in [0, 0.1) is 11.7 Å². The van der Waals surface area contributed by atoms with Gasteiger partial charge in [-0.05, 0) is 31.0 Å². The Kier molecular flexibility index (Phi) is 5.21. The van der Waals surface area contributed by atoms with Gasteiger partial charge in [0.1, 0.15) is 10.7 Å². The van der Waals surface area contributed by atoms with Crippen molar-refractivity contribution in [3.8, 4) is 0 Å². The first-order chi connectivity index (χ1) is 10.2. The summed E-state index contributed by atoms with van der Waals surface area (Å²) >= 11 is 0. The lowest BCUT2D eigenvalue weighted by molar-refractivity contribution is 0.346. The first-order valence-corrected chi connectivity index (χ1v) is 9.39. The van der Waals surface area contributed by atoms with Gasteiger partial charge in [0.25, 0.3) is 0 Å². The molecule has 5 nitrogen and oxygen atoms in total. The second-order valence-electron chi connectivity index (χ2n) is 5.99. The molecule has 0 aromatic heterocycles. The Labute approximate surface area is 131 Å². The van der Waals surface area contributed by atoms with E-state index < -0.39 is 15.7 Å². The molecular formula is C15H24FN3O2S. The third kappa shape index (κ3) is 3.65. The van der Waals surface area contributed by atoms with Crippen molar-refractivity contribution in [2.75, 3.05) is 6.26 Å². The lowest BCUT2D eigenvalue weighted by Crippen LogP contribution is -2.44. The molecule has 4 unspecified atom stereocenters. The summed E-state index contributed by atoms with van der Waals surface area (Å²) in [7, 11) is -3.54. The van der Waals surface area contributed by atoms with E-state index in [-0.39, 0.29) is 17.1 Å². The molecule has 1 fully saturated rings. The summed E-state index contributed by atoms with van der Waals surface area (Å²) in [6.45, 7) is 6.21. The fourth-order valence-electron chi connectivity index (χ4n) is 2.81. The molecule has 2 rings (SSSR count). The minimum absolute atomic E-state index is 0.0811. The van der Waals surface area contributed by atoms with Crippen molar-refractivity contribution in [1.29, 1.82) is 0 Å². The maximum Gasteiger partial charge on any atom is 0.178 e. The third-order valence-corrected chi connectivity index (χ3v) is 5.44. The molecule has 0 radical (unpaired) electrons. The summed E-state index contributed by atoms with van der Waals surface area (Å²) in [4.78, 5) is -0.261. The molecule has 1 saturated heterocycles. The van der Waals surface area contributed by atoms with E-state index in [0.717, 1.165) is 18.2 Å². The van der Waals surface area contributed by atoms with E-state index in [2.05, 4.69) is 30.0 Å². The van der Waals surface area contributed by atoms with Crippen LogP contribution in [0.1, 0.15) is 38.8 Å². The average molecular weight is 329 g/mol. The number of hydrogen-bond acceptors (Lipinski definition) is 5. The highest BCUT2D eigenvalue weighted by Gasteiger charge is 2.31. The SMILES string of the molecule is CCC1NNC(NC(C)c2ccc(S(C)(=O)=O)c(F)c2)C1C. The number of rotatable bonds is 5. The van der Waals surface area contributed by atoms with Crippen molar-refractivity contribution in [1.82, 2.24) is 16.2 Å². The summed E-state index contributed by atoms with van der Waals surface area (Å²) in [6.07, 6.45) is 2.11. The van der Waals surface area contributed by atoms with Gasteiger partial charge in [-0.15, -0.1) is 0 Å². The predicted octanol–water partition coefficient (Wildman–Crippen LogP) is 1.73. The molecule has 124 valence electrons. The van der Waals surface area contributed by atoms with Gasteiger partial charge in [0.2, 0.25) is 0 Å². The summed E-state index contributed by atoms with van der Waals surface area (Å²) in [5.74, 6) is -0.307. The Balaban J connectivity index is 2.11. The molecule has 7 heteroatoms. The minimum atomic E-state index is -3.54. The zero-order valence-electron chi connectivity index (χ0n) is 13.4. The zero-order valence-corrected chi connectivity index (χ0v) is 14.2. The second kappa shape index (κ2) is 6.62. The number of sulfone groups is 1. The molecule has 1 aromatic rings. The smallest absolute Gasteiger partial charge is 0.178 e. The lowest BCUT2D eigenvalue weighted by atomic mass is 9.98. The normalized spacial score (nSPS) is 27.0. The molecule has 22 heavy (non-hydrogen) atoms. The average Bonchev–Trinajstić information content (AvgIpc) is 2.78. The van der Waals surface area contributed by atoms with E-state index in [1.54, 1.807) is 6.07 Å². The van der Waals surface area contributed by atoms with Crippen molar-refractivity contribution < 1.29 is 12.8 Å². The highest BCUT2D eigenvalue weighted by molar-refractivity contribution is 7.90. The van der Waals surface area contributed by atoms with Crippen LogP contribution in [-0.4, -0.2) is 26.9 Å². The van der Waals surface area contributed by atoms with Crippen molar-refractivity contribution in [3.05, 3.63) is 29.6 Å². The molecule has 0 aliphatic carbocycles. The lowest BCUT2D eigenvalue weighted by Gasteiger charge is -2.24. The van der Waals surface area contributed by atoms with Crippen LogP contribution in [0.15, 0.2) is 23.1 Å². The van der Waals surface area contributed by atoms with Crippen molar-refractivity contribution in [2.24, 2.45) is 5.92 Å². The molecule has 1 aliphatic heterocycles. The molecule has 1 aliphatic rings. The Hall–Kier alpha value is -1.02. The Morgan fingerprint density at radius 1 is 1.36 bits per heavy atom. The summed E-state index contributed by atoms with van der Waals surface area (Å²) in [5, 5.41) is 3.40. The minimum Gasteiger partial charge on any atom is -0.294 e. The van der Waals surface area contributed by atoms with Gasteiger partial charge >= 0.3 is 0 Å². The molecular weight excluding hydrogens is 305 g/mol. The van der Waals surface area contributed by atoms with E-state index >= 15 is 0 Å². The largest absolute Gasteiger partial charge is 0.294 e. The van der Waals surface area contributed by atoms with E-state index in [1.165, 1.54) is 12.1 Å². The Bertz CT molecular complexity index is 636. The van der Waals surface area contributed by atoms with Crippen LogP contribution in [0.4, 0.5) is 4.39 Å². The highest BCUT2D eigenvalue weighted by Crippen LogP contribution is 2.22. The fraction of sp³-hybridized carbons (Fsp3) is 0.600. The van der Waals surface area contributed by atoms with Crippen molar-refractivity contribution >= 4 is 9.84 Å². The number of halogens is 1. The second-order valence-corrected chi connectivity index (χ2v) is 7.97. The fourth-order valence-corrected chi connectivity index (χ4v) is 3.54. The highest BCUT2D eigenvalue weighted by atomic mass is 32.2. The van der Waals surface area contributed by atoms with Crippen molar-refractivity contribution in [3.63, 3.8) is 0 Å². The first-order valence-electron chi connectivity index (χ1n) is 7.50. The van der Waals surface area contributed by atoms with E-state index in [0.29, 0.717) is 12.0 Å². The maximum atomic E-state index is 14.0. The molecule has 1 aromatic carbocycles. The van der Waals surface area contributed by atoms with Gasteiger partial charge in [0.05, 0.1) is 6.17 Å². The van der Waals surface area contributed by atoms with Crippen molar-refractivity contribution in [2.45, 2.75) is 50.3 Å². The Morgan fingerprint density at radius 3 is 2.55 bits per heavy atom. The molecule has 3 N–H and O–H groups in total. The number of hydrazine groups is 1. The Morgan fingerprint density at radius 2 is 2.05 bits per heavy atom. The first kappa shape index (κ1) is 17.3. The number of hydrogen-bond donors (Lipinski definition) is 3. The van der Waals surface area contributed by atoms with Crippen LogP contribution >= 0.6 is 0 Å². The topological polar surface area (TPSA) is 70.2 Å². The van der Waals surface area contributed by atoms with Crippen LogP contribution in [0.3, 0.4) is 0 Å². The standard InChI is InChI=1S/C15H24FN3O2S/c1-5-13-9(2)15(19-18-13)17-10(3)11-6-7-14(12(16)8-11)22(4,20)21/h6-10,13,15,17-19H,5H2,1-4H3. The molecule has 1 heterocycles. The van der Waals surface area contributed by atoms with E-state index in [4.69, 9.17) is 0 Å². The van der Waals surface area contributed by atoms with Crippen LogP contribution in [0.25, 0.3) is 0 Å². The number of nitrogens with one attached hydrogen (secondary N) is 3. The van der Waals surface area contributed by atoms with E-state index in [9.17, 15) is 12.8 Å². The molecule has 4 atom stereocenters. The molecule has 0 bridgehead atoms. The van der Waals surface area contributed by atoms with Gasteiger partial charge in [-0.2, -0.15) is 0 Å². The van der Waals surface area contributed by atoms with Gasteiger partial charge in [-0.25, -0.2) is 18.2 Å². The van der Waals surface area contributed by atoms with Gasteiger partial charge in [-0.1, -0.05) is 19.9 Å². The summed E-state index contributed by atoms with van der Waals surface area (Å²) < 4.78 is 36.9. The van der Waals surface area contributed by atoms with Crippen LogP contribution in [0.5, 0.6) is 0 Å². The van der Waals surface area contributed by atoms with Crippen LogP contribution in [-0.2, 0) is 9.84 Å². The third-order valence-electron chi connectivity index (χ3n) is 4.31. The number of benzene rings is 1. The van der Waals surface area contributed by atoms with Crippen LogP contribution < -0.4 is 16.2 Å². The van der Waals surface area contributed by atoms with Gasteiger partial charge in [-0.3, -0.25) is 10.7 Å². The van der Waals surface area contributed by atoms with Gasteiger partial charge < -0.3 is 0 Å². The van der Waals surface area contributed by atoms with Crippen LogP contribution in [0.2, 0.25) is 0 Å².